The maximum atomic E-state index is 13.0. The number of aromatic nitrogens is 4. The number of benzene rings is 6. The van der Waals surface area contributed by atoms with Crippen LogP contribution in [0.4, 0.5) is 11.6 Å². The van der Waals surface area contributed by atoms with Crippen LogP contribution in [0.25, 0.3) is 66.1 Å². The minimum Gasteiger partial charge on any atom is -0.365 e. The Morgan fingerprint density at radius 1 is 0.444 bits per heavy atom. The highest BCUT2D eigenvalue weighted by atomic mass is 32.2. The van der Waals surface area contributed by atoms with Crippen molar-refractivity contribution in [1.29, 1.82) is 0 Å². The van der Waals surface area contributed by atoms with Crippen molar-refractivity contribution in [2.75, 3.05) is 10.6 Å². The van der Waals surface area contributed by atoms with Crippen LogP contribution < -0.4 is 20.5 Å². The second-order valence-corrected chi connectivity index (χ2v) is 21.4. The summed E-state index contributed by atoms with van der Waals surface area (Å²) >= 11 is 0. The van der Waals surface area contributed by atoms with E-state index in [0.29, 0.717) is 24.2 Å². The van der Waals surface area contributed by atoms with E-state index >= 15 is 0 Å². The second-order valence-electron chi connectivity index (χ2n) is 18.1. The highest BCUT2D eigenvalue weighted by Gasteiger charge is 2.24. The highest BCUT2D eigenvalue weighted by Crippen LogP contribution is 2.40. The molecule has 0 aliphatic heterocycles. The van der Waals surface area contributed by atoms with Gasteiger partial charge in [0.15, 0.2) is 0 Å². The Bertz CT molecular complexity index is 3750. The van der Waals surface area contributed by atoms with Gasteiger partial charge in [-0.1, -0.05) is 158 Å². The second kappa shape index (κ2) is 21.1. The van der Waals surface area contributed by atoms with Crippen LogP contribution in [-0.2, 0) is 33.1 Å². The third-order valence-corrected chi connectivity index (χ3v) is 14.3. The molecular weight excluding hydrogens is 937 g/mol. The Hall–Kier alpha value is -8.14. The molecule has 0 radical (unpaired) electrons. The van der Waals surface area contributed by atoms with Crippen molar-refractivity contribution in [2.45, 2.75) is 49.2 Å². The molecule has 14 heteroatoms. The summed E-state index contributed by atoms with van der Waals surface area (Å²) in [6, 6.07) is 56.0. The van der Waals surface area contributed by atoms with Gasteiger partial charge in [0.05, 0.1) is 0 Å². The van der Waals surface area contributed by atoms with Crippen molar-refractivity contribution in [2.24, 2.45) is 5.14 Å². The van der Waals surface area contributed by atoms with Crippen LogP contribution in [0.5, 0.6) is 0 Å². The number of sulfonamides is 2. The predicted molar refractivity (Wildman–Crippen MR) is 290 cm³/mol. The average Bonchev–Trinajstić information content (AvgIpc) is 3.39. The molecule has 0 aliphatic carbocycles. The molecule has 0 unspecified atom stereocenters. The molecule has 0 saturated heterocycles. The summed E-state index contributed by atoms with van der Waals surface area (Å²) in [6.45, 7) is 6.68. The lowest BCUT2D eigenvalue weighted by atomic mass is 9.94. The van der Waals surface area contributed by atoms with Crippen LogP contribution in [-0.4, -0.2) is 42.3 Å². The largest absolute Gasteiger partial charge is 0.365 e. The van der Waals surface area contributed by atoms with Crippen LogP contribution >= 0.6 is 0 Å². The highest BCUT2D eigenvalue weighted by molar-refractivity contribution is 7.89. The number of pyridine rings is 4. The van der Waals surface area contributed by atoms with Gasteiger partial charge in [-0.05, 0) is 77.1 Å². The number of primary sulfonamides is 1. The molecule has 0 aliphatic rings. The third kappa shape index (κ3) is 11.4. The lowest BCUT2D eigenvalue weighted by Crippen LogP contribution is -2.40. The number of nitrogens with one attached hydrogen (secondary N) is 3. The molecule has 0 saturated carbocycles. The van der Waals surface area contributed by atoms with Gasteiger partial charge in [0.2, 0.25) is 20.0 Å². The fourth-order valence-electron chi connectivity index (χ4n) is 8.49. The number of hydrogen-bond acceptors (Lipinski definition) is 10. The van der Waals surface area contributed by atoms with Crippen molar-refractivity contribution in [1.82, 2.24) is 24.7 Å². The van der Waals surface area contributed by atoms with E-state index in [-0.39, 0.29) is 9.79 Å². The quantitative estimate of drug-likeness (QED) is 0.0867. The first-order valence-corrected chi connectivity index (χ1v) is 26.2. The molecule has 10 aromatic rings. The summed E-state index contributed by atoms with van der Waals surface area (Å²) in [4.78, 5) is 18.1. The molecule has 6 aromatic carbocycles. The van der Waals surface area contributed by atoms with Gasteiger partial charge in [-0.25, -0.2) is 36.7 Å². The number of fused-ring (bicyclic) bond motifs is 2. The van der Waals surface area contributed by atoms with E-state index in [9.17, 15) is 16.8 Å². The Kier molecular flexibility index (Phi) is 14.3. The van der Waals surface area contributed by atoms with Crippen LogP contribution in [0, 0.1) is 0 Å². The fourth-order valence-corrected chi connectivity index (χ4v) is 10.4. The molecule has 72 heavy (non-hydrogen) atoms. The number of rotatable bonds is 13. The van der Waals surface area contributed by atoms with Crippen LogP contribution in [0.3, 0.4) is 0 Å². The summed E-state index contributed by atoms with van der Waals surface area (Å²) in [7, 11) is -7.63. The molecule has 0 amide bonds. The van der Waals surface area contributed by atoms with Crippen molar-refractivity contribution in [3.05, 3.63) is 218 Å². The van der Waals surface area contributed by atoms with Gasteiger partial charge < -0.3 is 10.6 Å². The molecule has 0 fully saturated rings. The van der Waals surface area contributed by atoms with Gasteiger partial charge in [-0.15, -0.1) is 0 Å². The standard InChI is InChI=1S/C31H30N4O2S.C27H22N4O2S/c1-31(2,3)35-38(36,37)25-17-24(19-32-20-25)28-21-34-30(33-18-22-11-6-4-7-12-22)29-26(15-10-16-27(28)29)23-13-8-5-9-14-23;28-34(32,33)22-14-21(16-29-17-22)25-18-31-27(30-15-19-8-3-1-4-9-19)26-23(12-7-13-24(25)26)20-10-5-2-6-11-20/h4-17,19-21,35H,18H2,1-3H3,(H,33,34);1-14,16-18H,15H2,(H,30,31)(H2,28,32,33). The SMILES string of the molecule is CC(C)(C)NS(=O)(=O)c1cncc(-c2cnc(NCc3ccccc3)c3c(-c4ccccc4)cccc23)c1.NS(=O)(=O)c1cncc(-c2cnc(NCc3ccccc3)c3c(-c4ccccc4)cccc23)c1. The zero-order valence-electron chi connectivity index (χ0n) is 39.9. The lowest BCUT2D eigenvalue weighted by molar-refractivity contribution is 0.491. The molecule has 360 valence electrons. The molecule has 0 bridgehead atoms. The van der Waals surface area contributed by atoms with Crippen LogP contribution in [0.15, 0.2) is 217 Å². The van der Waals surface area contributed by atoms with E-state index in [4.69, 9.17) is 15.1 Å². The lowest BCUT2D eigenvalue weighted by Gasteiger charge is -2.20. The van der Waals surface area contributed by atoms with E-state index in [1.807, 2.05) is 118 Å². The van der Waals surface area contributed by atoms with E-state index < -0.39 is 25.6 Å². The zero-order valence-corrected chi connectivity index (χ0v) is 41.5. The first kappa shape index (κ1) is 48.9. The summed E-state index contributed by atoms with van der Waals surface area (Å²) < 4.78 is 52.6. The Morgan fingerprint density at radius 2 is 0.847 bits per heavy atom. The van der Waals surface area contributed by atoms with E-state index in [0.717, 1.165) is 77.7 Å². The van der Waals surface area contributed by atoms with Gasteiger partial charge >= 0.3 is 0 Å². The Balaban J connectivity index is 0.000000179. The Labute approximate surface area is 420 Å². The monoisotopic (exact) mass is 988 g/mol. The summed E-state index contributed by atoms with van der Waals surface area (Å²) in [6.07, 6.45) is 9.46. The molecule has 4 aromatic heterocycles. The van der Waals surface area contributed by atoms with Gasteiger partial charge in [-0.2, -0.15) is 0 Å². The van der Waals surface area contributed by atoms with Crippen LogP contribution in [0.1, 0.15) is 31.9 Å². The third-order valence-electron chi connectivity index (χ3n) is 11.7. The van der Waals surface area contributed by atoms with Gasteiger partial charge in [0.25, 0.3) is 0 Å². The molecule has 12 nitrogen and oxygen atoms in total. The van der Waals surface area contributed by atoms with Gasteiger partial charge in [0.1, 0.15) is 21.4 Å². The number of anilines is 2. The molecular formula is C58H52N8O4S2. The number of hydrogen-bond donors (Lipinski definition) is 4. The molecule has 10 rings (SSSR count). The maximum absolute atomic E-state index is 13.0. The van der Waals surface area contributed by atoms with E-state index in [1.165, 1.54) is 18.5 Å². The number of nitrogens with zero attached hydrogens (tertiary/aromatic N) is 4. The fraction of sp³-hybridized carbons (Fsp3) is 0.103. The van der Waals surface area contributed by atoms with Crippen molar-refractivity contribution < 1.29 is 16.8 Å². The first-order chi connectivity index (χ1) is 34.7. The summed E-state index contributed by atoms with van der Waals surface area (Å²) in [5.41, 5.74) is 8.77. The van der Waals surface area contributed by atoms with Crippen molar-refractivity contribution in [3.8, 4) is 44.5 Å². The normalized spacial score (nSPS) is 11.7. The number of nitrogens with two attached hydrogens (primary N) is 1. The van der Waals surface area contributed by atoms with E-state index in [1.54, 1.807) is 30.9 Å². The molecule has 5 N–H and O–H groups in total. The summed E-state index contributed by atoms with van der Waals surface area (Å²) in [5, 5.41) is 16.1. The average molecular weight is 989 g/mol. The van der Waals surface area contributed by atoms with Gasteiger partial charge in [0, 0.05) is 88.8 Å². The van der Waals surface area contributed by atoms with Crippen molar-refractivity contribution >= 4 is 53.2 Å². The maximum Gasteiger partial charge on any atom is 0.242 e. The van der Waals surface area contributed by atoms with Crippen LogP contribution in [0.2, 0.25) is 0 Å². The minimum atomic E-state index is -3.88. The minimum absolute atomic E-state index is 0.0383. The smallest absolute Gasteiger partial charge is 0.242 e. The molecule has 4 heterocycles. The first-order valence-electron chi connectivity index (χ1n) is 23.2. The van der Waals surface area contributed by atoms with Crippen molar-refractivity contribution in [3.63, 3.8) is 0 Å². The summed E-state index contributed by atoms with van der Waals surface area (Å²) in [5.74, 6) is 1.51. The van der Waals surface area contributed by atoms with Gasteiger partial charge in [-0.3, -0.25) is 9.97 Å². The van der Waals surface area contributed by atoms with E-state index in [2.05, 4.69) is 86.0 Å². The predicted octanol–water partition coefficient (Wildman–Crippen LogP) is 11.9. The topological polar surface area (TPSA) is 182 Å². The Morgan fingerprint density at radius 3 is 1.26 bits per heavy atom. The molecule has 0 atom stereocenters. The molecule has 0 spiro atoms. The zero-order chi connectivity index (χ0) is 50.3.